The third-order valence-electron chi connectivity index (χ3n) is 2.86. The first-order valence-electron chi connectivity index (χ1n) is 6.85. The minimum absolute atomic E-state index is 0.109. The number of para-hydroxylation sites is 2. The molecule has 2 aromatic rings. The monoisotopic (exact) mass is 426 g/mol. The predicted octanol–water partition coefficient (Wildman–Crippen LogP) is 3.26. The van der Waals surface area contributed by atoms with Crippen LogP contribution < -0.4 is 9.47 Å². The SMILES string of the molecule is O=C(COc1ccccc1OCC(=O)c1ccccc1)OCI. The largest absolute Gasteiger partial charge is 0.482 e. The van der Waals surface area contributed by atoms with E-state index in [1.165, 1.54) is 0 Å². The molecule has 0 aliphatic heterocycles. The van der Waals surface area contributed by atoms with Crippen LogP contribution in [0, 0.1) is 0 Å². The van der Waals surface area contributed by atoms with E-state index >= 15 is 0 Å². The Kier molecular flexibility index (Phi) is 6.86. The van der Waals surface area contributed by atoms with E-state index in [-0.39, 0.29) is 23.6 Å². The summed E-state index contributed by atoms with van der Waals surface area (Å²) in [5.41, 5.74) is 0.580. The number of carbonyl (C=O) groups excluding carboxylic acids is 2. The zero-order valence-corrected chi connectivity index (χ0v) is 14.4. The van der Waals surface area contributed by atoms with Gasteiger partial charge in [0.2, 0.25) is 0 Å². The van der Waals surface area contributed by atoms with E-state index < -0.39 is 5.97 Å². The quantitative estimate of drug-likeness (QED) is 0.281. The van der Waals surface area contributed by atoms with Gasteiger partial charge < -0.3 is 14.2 Å². The van der Waals surface area contributed by atoms with Crippen LogP contribution in [-0.4, -0.2) is 29.6 Å². The van der Waals surface area contributed by atoms with Crippen molar-refractivity contribution < 1.29 is 23.8 Å². The lowest BCUT2D eigenvalue weighted by molar-refractivity contribution is -0.143. The number of esters is 1. The lowest BCUT2D eigenvalue weighted by Crippen LogP contribution is -2.15. The van der Waals surface area contributed by atoms with Crippen LogP contribution in [0.2, 0.25) is 0 Å². The Labute approximate surface area is 147 Å². The smallest absolute Gasteiger partial charge is 0.344 e. The fourth-order valence-corrected chi connectivity index (χ4v) is 2.13. The van der Waals surface area contributed by atoms with E-state index in [0.717, 1.165) is 0 Å². The van der Waals surface area contributed by atoms with E-state index in [4.69, 9.17) is 14.2 Å². The fraction of sp³-hybridized carbons (Fsp3) is 0.176. The molecule has 0 radical (unpaired) electrons. The number of benzene rings is 2. The molecule has 2 rings (SSSR count). The summed E-state index contributed by atoms with van der Waals surface area (Å²) in [6.45, 7) is -0.321. The molecular weight excluding hydrogens is 411 g/mol. The van der Waals surface area contributed by atoms with Gasteiger partial charge in [-0.25, -0.2) is 4.79 Å². The maximum Gasteiger partial charge on any atom is 0.344 e. The van der Waals surface area contributed by atoms with Crippen molar-refractivity contribution in [1.29, 1.82) is 0 Å². The van der Waals surface area contributed by atoms with Crippen LogP contribution in [0.1, 0.15) is 10.4 Å². The molecule has 2 aromatic carbocycles. The van der Waals surface area contributed by atoms with E-state index in [1.807, 2.05) is 28.7 Å². The van der Waals surface area contributed by atoms with Crippen molar-refractivity contribution in [2.24, 2.45) is 0 Å². The molecule has 0 unspecified atom stereocenters. The molecule has 0 bridgehead atoms. The van der Waals surface area contributed by atoms with Gasteiger partial charge in [-0.2, -0.15) is 0 Å². The third kappa shape index (κ3) is 5.55. The minimum atomic E-state index is -0.463. The number of Topliss-reactive ketones (excluding diaryl/α,β-unsaturated/α-hetero) is 1. The number of hydrogen-bond donors (Lipinski definition) is 0. The first-order chi connectivity index (χ1) is 11.2. The van der Waals surface area contributed by atoms with Crippen LogP contribution >= 0.6 is 22.6 Å². The molecule has 0 fully saturated rings. The lowest BCUT2D eigenvalue weighted by atomic mass is 10.1. The highest BCUT2D eigenvalue weighted by atomic mass is 127. The third-order valence-corrected chi connectivity index (χ3v) is 3.18. The maximum atomic E-state index is 12.0. The van der Waals surface area contributed by atoms with E-state index in [1.54, 1.807) is 48.5 Å². The van der Waals surface area contributed by atoms with Crippen LogP contribution in [-0.2, 0) is 9.53 Å². The van der Waals surface area contributed by atoms with Gasteiger partial charge in [-0.05, 0) is 34.7 Å². The number of carbonyl (C=O) groups is 2. The molecule has 0 amide bonds. The Morgan fingerprint density at radius 3 is 2.00 bits per heavy atom. The summed E-state index contributed by atoms with van der Waals surface area (Å²) in [4.78, 5) is 23.4. The second-order valence-electron chi connectivity index (χ2n) is 4.44. The highest BCUT2D eigenvalue weighted by Crippen LogP contribution is 2.26. The summed E-state index contributed by atoms with van der Waals surface area (Å²) in [6.07, 6.45) is 0. The van der Waals surface area contributed by atoms with Gasteiger partial charge in [0.15, 0.2) is 30.5 Å². The topological polar surface area (TPSA) is 61.8 Å². The Morgan fingerprint density at radius 2 is 1.39 bits per heavy atom. The summed E-state index contributed by atoms with van der Waals surface area (Å²) < 4.78 is 15.9. The second kappa shape index (κ2) is 9.14. The number of rotatable bonds is 8. The molecule has 0 atom stereocenters. The summed E-state index contributed by atoms with van der Waals surface area (Å²) >= 11 is 1.93. The second-order valence-corrected chi connectivity index (χ2v) is 5.06. The summed E-state index contributed by atoms with van der Waals surface area (Å²) in [5, 5.41) is 0. The zero-order valence-electron chi connectivity index (χ0n) is 12.2. The molecule has 0 spiro atoms. The molecule has 0 heterocycles. The van der Waals surface area contributed by atoms with E-state index in [9.17, 15) is 9.59 Å². The van der Waals surface area contributed by atoms with Crippen LogP contribution in [0.3, 0.4) is 0 Å². The maximum absolute atomic E-state index is 12.0. The van der Waals surface area contributed by atoms with Crippen molar-refractivity contribution in [3.05, 3.63) is 60.2 Å². The summed E-state index contributed by atoms with van der Waals surface area (Å²) in [6, 6.07) is 15.8. The molecule has 23 heavy (non-hydrogen) atoms. The Bertz CT molecular complexity index is 657. The molecule has 0 N–H and O–H groups in total. The van der Waals surface area contributed by atoms with Crippen molar-refractivity contribution in [2.45, 2.75) is 0 Å². The number of halogens is 1. The highest BCUT2D eigenvalue weighted by molar-refractivity contribution is 14.1. The zero-order chi connectivity index (χ0) is 16.5. The normalized spacial score (nSPS) is 9.96. The summed E-state index contributed by atoms with van der Waals surface area (Å²) in [5.74, 6) is 0.192. The molecule has 0 saturated carbocycles. The van der Waals surface area contributed by atoms with E-state index in [0.29, 0.717) is 17.1 Å². The van der Waals surface area contributed by atoms with Gasteiger partial charge >= 0.3 is 5.97 Å². The minimum Gasteiger partial charge on any atom is -0.482 e. The summed E-state index contributed by atoms with van der Waals surface area (Å²) in [7, 11) is 0. The van der Waals surface area contributed by atoms with Crippen molar-refractivity contribution >= 4 is 34.3 Å². The van der Waals surface area contributed by atoms with Gasteiger partial charge in [-0.1, -0.05) is 42.5 Å². The van der Waals surface area contributed by atoms with Crippen molar-refractivity contribution in [3.63, 3.8) is 0 Å². The number of alkyl halides is 1. The first-order valence-corrected chi connectivity index (χ1v) is 8.37. The van der Waals surface area contributed by atoms with Gasteiger partial charge in [0, 0.05) is 5.56 Å². The molecule has 0 saturated heterocycles. The molecule has 0 aromatic heterocycles. The van der Waals surface area contributed by atoms with Crippen molar-refractivity contribution in [2.75, 3.05) is 17.8 Å². The molecule has 120 valence electrons. The van der Waals surface area contributed by atoms with Gasteiger partial charge in [-0.15, -0.1) is 0 Å². The molecule has 0 aliphatic rings. The number of ketones is 1. The Hall–Kier alpha value is -2.09. The van der Waals surface area contributed by atoms with E-state index in [2.05, 4.69) is 0 Å². The average Bonchev–Trinajstić information content (AvgIpc) is 2.59. The Morgan fingerprint density at radius 1 is 0.826 bits per heavy atom. The average molecular weight is 426 g/mol. The fourth-order valence-electron chi connectivity index (χ4n) is 1.78. The molecule has 5 nitrogen and oxygen atoms in total. The van der Waals surface area contributed by atoms with Gasteiger partial charge in [-0.3, -0.25) is 4.79 Å². The van der Waals surface area contributed by atoms with Crippen LogP contribution in [0.25, 0.3) is 0 Å². The molecule has 0 aliphatic carbocycles. The van der Waals surface area contributed by atoms with Crippen LogP contribution in [0.4, 0.5) is 0 Å². The lowest BCUT2D eigenvalue weighted by Gasteiger charge is -2.11. The van der Waals surface area contributed by atoms with Gasteiger partial charge in [0.05, 0.1) is 0 Å². The van der Waals surface area contributed by atoms with Crippen LogP contribution in [0.15, 0.2) is 54.6 Å². The van der Waals surface area contributed by atoms with Crippen molar-refractivity contribution in [3.8, 4) is 11.5 Å². The van der Waals surface area contributed by atoms with Gasteiger partial charge in [0.1, 0.15) is 4.61 Å². The first kappa shape index (κ1) is 17.3. The molecule has 6 heteroatoms. The van der Waals surface area contributed by atoms with Crippen molar-refractivity contribution in [1.82, 2.24) is 0 Å². The predicted molar refractivity (Wildman–Crippen MR) is 93.2 cm³/mol. The number of hydrogen-bond acceptors (Lipinski definition) is 5. The highest BCUT2D eigenvalue weighted by Gasteiger charge is 2.11. The van der Waals surface area contributed by atoms with Gasteiger partial charge in [0.25, 0.3) is 0 Å². The molecular formula is C17H15IO5. The Balaban J connectivity index is 1.95. The standard InChI is InChI=1S/C17H15IO5/c18-12-23-17(20)11-22-16-9-5-4-8-15(16)21-10-14(19)13-6-2-1-3-7-13/h1-9H,10-12H2. The number of ether oxygens (including phenoxy) is 3. The van der Waals surface area contributed by atoms with Crippen LogP contribution in [0.5, 0.6) is 11.5 Å².